The number of pyridine rings is 1. The third-order valence-corrected chi connectivity index (χ3v) is 5.97. The Bertz CT molecular complexity index is 1480. The molecule has 0 saturated carbocycles. The minimum atomic E-state index is -4.62. The number of amides is 1. The molecule has 0 radical (unpaired) electrons. The zero-order valence-corrected chi connectivity index (χ0v) is 21.0. The molecule has 0 aliphatic heterocycles. The standard InChI is InChI=1S/C26H19Cl2F3N2O4/c1-35-23-12-16-20(13-24(23)36-2)32-8-7-21(16)37-22-6-4-15(11-19(22)28)33-25(34)10-14-3-5-18(27)17(9-14)26(29,30)31/h3-9,11-13H,10H2,1-2H3,(H,33,34). The lowest BCUT2D eigenvalue weighted by Gasteiger charge is -2.14. The number of hydrogen-bond acceptors (Lipinski definition) is 5. The first-order chi connectivity index (χ1) is 17.6. The van der Waals surface area contributed by atoms with E-state index in [2.05, 4.69) is 10.3 Å². The molecule has 0 bridgehead atoms. The molecule has 0 saturated heterocycles. The summed E-state index contributed by atoms with van der Waals surface area (Å²) in [6.07, 6.45) is -3.33. The Morgan fingerprint density at radius 1 is 0.892 bits per heavy atom. The van der Waals surface area contributed by atoms with E-state index in [1.807, 2.05) is 0 Å². The molecule has 1 amide bonds. The van der Waals surface area contributed by atoms with Gasteiger partial charge in [0.15, 0.2) is 11.5 Å². The van der Waals surface area contributed by atoms with Gasteiger partial charge in [-0.2, -0.15) is 13.2 Å². The third-order valence-electron chi connectivity index (χ3n) is 5.34. The summed E-state index contributed by atoms with van der Waals surface area (Å²) in [7, 11) is 3.05. The van der Waals surface area contributed by atoms with E-state index in [4.69, 9.17) is 37.4 Å². The second kappa shape index (κ2) is 10.7. The summed E-state index contributed by atoms with van der Waals surface area (Å²) in [5, 5.41) is 3.05. The normalized spacial score (nSPS) is 11.3. The van der Waals surface area contributed by atoms with E-state index in [1.165, 1.54) is 26.4 Å². The lowest BCUT2D eigenvalue weighted by atomic mass is 10.1. The topological polar surface area (TPSA) is 69.7 Å². The van der Waals surface area contributed by atoms with E-state index in [-0.39, 0.29) is 17.0 Å². The highest BCUT2D eigenvalue weighted by Crippen LogP contribution is 2.39. The molecule has 0 spiro atoms. The predicted octanol–water partition coefficient (Wildman–Crippen LogP) is 7.55. The second-order valence-corrected chi connectivity index (χ2v) is 8.63. The molecular formula is C26H19Cl2F3N2O4. The van der Waals surface area contributed by atoms with Crippen molar-refractivity contribution in [2.75, 3.05) is 19.5 Å². The van der Waals surface area contributed by atoms with Crippen LogP contribution in [0.3, 0.4) is 0 Å². The van der Waals surface area contributed by atoms with Gasteiger partial charge < -0.3 is 19.5 Å². The Labute approximate surface area is 219 Å². The number of alkyl halides is 3. The molecule has 0 fully saturated rings. The van der Waals surface area contributed by atoms with Gasteiger partial charge in [0, 0.05) is 23.3 Å². The van der Waals surface area contributed by atoms with Gasteiger partial charge in [-0.1, -0.05) is 29.3 Å². The van der Waals surface area contributed by atoms with Crippen molar-refractivity contribution < 1.29 is 32.2 Å². The van der Waals surface area contributed by atoms with Crippen molar-refractivity contribution >= 4 is 45.7 Å². The number of nitrogens with zero attached hydrogens (tertiary/aromatic N) is 1. The number of anilines is 1. The van der Waals surface area contributed by atoms with Gasteiger partial charge in [-0.3, -0.25) is 9.78 Å². The number of carbonyl (C=O) groups is 1. The Morgan fingerprint density at radius 3 is 2.30 bits per heavy atom. The average Bonchev–Trinajstić information content (AvgIpc) is 2.85. The number of methoxy groups -OCH3 is 2. The molecule has 3 aromatic carbocycles. The van der Waals surface area contributed by atoms with E-state index in [9.17, 15) is 18.0 Å². The monoisotopic (exact) mass is 550 g/mol. The lowest BCUT2D eigenvalue weighted by molar-refractivity contribution is -0.137. The fourth-order valence-electron chi connectivity index (χ4n) is 3.61. The number of nitrogens with one attached hydrogen (secondary N) is 1. The first kappa shape index (κ1) is 26.4. The molecule has 0 aliphatic carbocycles. The highest BCUT2D eigenvalue weighted by atomic mass is 35.5. The first-order valence-electron chi connectivity index (χ1n) is 10.7. The van der Waals surface area contributed by atoms with Crippen molar-refractivity contribution in [1.29, 1.82) is 0 Å². The van der Waals surface area contributed by atoms with Crippen LogP contribution in [0.15, 0.2) is 60.8 Å². The van der Waals surface area contributed by atoms with Gasteiger partial charge >= 0.3 is 6.18 Å². The summed E-state index contributed by atoms with van der Waals surface area (Å²) in [6, 6.07) is 13.1. The Morgan fingerprint density at radius 2 is 1.62 bits per heavy atom. The van der Waals surface area contributed by atoms with Crippen molar-refractivity contribution in [1.82, 2.24) is 4.98 Å². The Balaban J connectivity index is 1.50. The number of halogens is 5. The van der Waals surface area contributed by atoms with Crippen LogP contribution < -0.4 is 19.5 Å². The maximum atomic E-state index is 13.1. The molecule has 0 atom stereocenters. The summed E-state index contributed by atoms with van der Waals surface area (Å²) in [5.41, 5.74) is 0.130. The molecule has 4 rings (SSSR count). The van der Waals surface area contributed by atoms with Gasteiger partial charge in [0.25, 0.3) is 0 Å². The van der Waals surface area contributed by atoms with Gasteiger partial charge in [0.1, 0.15) is 11.5 Å². The van der Waals surface area contributed by atoms with E-state index < -0.39 is 22.7 Å². The van der Waals surface area contributed by atoms with Crippen molar-refractivity contribution in [3.63, 3.8) is 0 Å². The molecule has 0 aliphatic rings. The van der Waals surface area contributed by atoms with Gasteiger partial charge in [-0.25, -0.2) is 0 Å². The zero-order chi connectivity index (χ0) is 26.7. The van der Waals surface area contributed by atoms with Crippen molar-refractivity contribution in [3.8, 4) is 23.0 Å². The quantitative estimate of drug-likeness (QED) is 0.257. The highest BCUT2D eigenvalue weighted by Gasteiger charge is 2.33. The van der Waals surface area contributed by atoms with Crippen LogP contribution in [-0.2, 0) is 17.4 Å². The van der Waals surface area contributed by atoms with Crippen LogP contribution in [0.4, 0.5) is 18.9 Å². The van der Waals surface area contributed by atoms with Crippen molar-refractivity contribution in [2.45, 2.75) is 12.6 Å². The molecule has 1 N–H and O–H groups in total. The fourth-order valence-corrected chi connectivity index (χ4v) is 4.05. The molecule has 37 heavy (non-hydrogen) atoms. The van der Waals surface area contributed by atoms with E-state index in [1.54, 1.807) is 36.5 Å². The minimum Gasteiger partial charge on any atom is -0.493 e. The van der Waals surface area contributed by atoms with Gasteiger partial charge in [0.2, 0.25) is 5.91 Å². The molecule has 192 valence electrons. The second-order valence-electron chi connectivity index (χ2n) is 7.82. The first-order valence-corrected chi connectivity index (χ1v) is 11.5. The minimum absolute atomic E-state index is 0.164. The maximum Gasteiger partial charge on any atom is 0.417 e. The molecular weight excluding hydrogens is 532 g/mol. The number of carbonyl (C=O) groups excluding carboxylic acids is 1. The fraction of sp³-hybridized carbons (Fsp3) is 0.154. The van der Waals surface area contributed by atoms with Crippen LogP contribution in [0, 0.1) is 0 Å². The predicted molar refractivity (Wildman–Crippen MR) is 135 cm³/mol. The van der Waals surface area contributed by atoms with E-state index >= 15 is 0 Å². The zero-order valence-electron chi connectivity index (χ0n) is 19.5. The highest BCUT2D eigenvalue weighted by molar-refractivity contribution is 6.32. The SMILES string of the molecule is COc1cc2nccc(Oc3ccc(NC(=O)Cc4ccc(Cl)c(C(F)(F)F)c4)cc3Cl)c2cc1OC. The van der Waals surface area contributed by atoms with E-state index in [0.29, 0.717) is 39.6 Å². The molecule has 1 aromatic heterocycles. The number of ether oxygens (including phenoxy) is 3. The average molecular weight is 551 g/mol. The summed E-state index contributed by atoms with van der Waals surface area (Å²) in [5.74, 6) is 1.27. The van der Waals surface area contributed by atoms with Crippen LogP contribution in [0.2, 0.25) is 10.0 Å². The van der Waals surface area contributed by atoms with Crippen molar-refractivity contribution in [3.05, 3.63) is 82.0 Å². The molecule has 11 heteroatoms. The molecule has 0 unspecified atom stereocenters. The Kier molecular flexibility index (Phi) is 7.65. The Hall–Kier alpha value is -3.69. The summed E-state index contributed by atoms with van der Waals surface area (Å²) < 4.78 is 55.9. The van der Waals surface area contributed by atoms with Gasteiger partial charge in [0.05, 0.1) is 41.8 Å². The molecule has 4 aromatic rings. The number of benzene rings is 3. The number of rotatable bonds is 7. The summed E-state index contributed by atoms with van der Waals surface area (Å²) in [6.45, 7) is 0. The number of fused-ring (bicyclic) bond motifs is 1. The van der Waals surface area contributed by atoms with Gasteiger partial charge in [-0.05, 0) is 48.0 Å². The van der Waals surface area contributed by atoms with Crippen LogP contribution >= 0.6 is 23.2 Å². The van der Waals surface area contributed by atoms with Crippen LogP contribution in [0.5, 0.6) is 23.0 Å². The summed E-state index contributed by atoms with van der Waals surface area (Å²) >= 11 is 12.0. The van der Waals surface area contributed by atoms with Crippen LogP contribution in [0.25, 0.3) is 10.9 Å². The van der Waals surface area contributed by atoms with Gasteiger partial charge in [-0.15, -0.1) is 0 Å². The van der Waals surface area contributed by atoms with Crippen LogP contribution in [-0.4, -0.2) is 25.1 Å². The lowest BCUT2D eigenvalue weighted by Crippen LogP contribution is -2.15. The number of hydrogen-bond donors (Lipinski definition) is 1. The van der Waals surface area contributed by atoms with Crippen LogP contribution in [0.1, 0.15) is 11.1 Å². The molecule has 6 nitrogen and oxygen atoms in total. The van der Waals surface area contributed by atoms with E-state index in [0.717, 1.165) is 12.1 Å². The smallest absolute Gasteiger partial charge is 0.417 e. The maximum absolute atomic E-state index is 13.1. The van der Waals surface area contributed by atoms with Crippen molar-refractivity contribution in [2.24, 2.45) is 0 Å². The molecule has 1 heterocycles. The summed E-state index contributed by atoms with van der Waals surface area (Å²) in [4.78, 5) is 16.8. The number of aromatic nitrogens is 1. The largest absolute Gasteiger partial charge is 0.493 e. The third kappa shape index (κ3) is 6.00.